The van der Waals surface area contributed by atoms with Gasteiger partial charge in [-0.3, -0.25) is 0 Å². The molecule has 3 rings (SSSR count). The summed E-state index contributed by atoms with van der Waals surface area (Å²) in [5, 5.41) is 7.60. The number of pyridine rings is 1. The lowest BCUT2D eigenvalue weighted by molar-refractivity contribution is 0.581. The second kappa shape index (κ2) is 7.89. The van der Waals surface area contributed by atoms with Crippen LogP contribution in [-0.4, -0.2) is 11.2 Å². The van der Waals surface area contributed by atoms with E-state index in [2.05, 4.69) is 29.5 Å². The van der Waals surface area contributed by atoms with Crippen molar-refractivity contribution in [1.82, 2.24) is 4.98 Å². The Kier molecular flexibility index (Phi) is 5.54. The molecule has 0 atom stereocenters. The topological polar surface area (TPSA) is 88.8 Å². The average Bonchev–Trinajstić information content (AvgIpc) is 2.68. The quantitative estimate of drug-likeness (QED) is 0.215. The van der Waals surface area contributed by atoms with Crippen LogP contribution in [0, 0.1) is 28.9 Å². The average molecular weight is 415 g/mol. The Morgan fingerprint density at radius 3 is 2.61 bits per heavy atom. The molecule has 1 aromatic heterocycles. The number of nitrogens with zero attached hydrogens (tertiary/aromatic N) is 1. The lowest BCUT2D eigenvalue weighted by atomic mass is 10.00. The molecule has 5 N–H and O–H groups in total. The molecule has 0 aliphatic carbocycles. The van der Waals surface area contributed by atoms with E-state index >= 15 is 0 Å². The van der Waals surface area contributed by atoms with Gasteiger partial charge in [0.1, 0.15) is 11.6 Å². The molecule has 1 heterocycles. The second-order valence-corrected chi connectivity index (χ2v) is 6.59. The number of anilines is 2. The van der Waals surface area contributed by atoms with Gasteiger partial charge in [0, 0.05) is 34.0 Å². The molecular weight excluding hydrogens is 402 g/mol. The Labute approximate surface area is 170 Å². The molecule has 0 aliphatic rings. The third kappa shape index (κ3) is 3.65. The molecule has 0 spiro atoms. The maximum Gasteiger partial charge on any atom is 0.165 e. The zero-order valence-corrected chi connectivity index (χ0v) is 15.9. The molecule has 4 nitrogen and oxygen atoms in total. The van der Waals surface area contributed by atoms with Crippen LogP contribution >= 0.6 is 24.2 Å². The Morgan fingerprint density at radius 1 is 1.14 bits per heavy atom. The van der Waals surface area contributed by atoms with Crippen molar-refractivity contribution in [3.05, 3.63) is 69.9 Å². The summed E-state index contributed by atoms with van der Waals surface area (Å²) in [6.45, 7) is 0. The lowest BCUT2D eigenvalue weighted by Crippen LogP contribution is -2.02. The molecule has 0 saturated carbocycles. The number of aromatic nitrogens is 1. The number of nitrogen functional groups attached to an aromatic ring is 2. The SMILES string of the molecule is N=Cc1cc(C#Cc2c(F)cc(-c3cccc(Cl)c3S)c(N)c2F)cnc1N. The summed E-state index contributed by atoms with van der Waals surface area (Å²) in [6, 6.07) is 7.45. The summed E-state index contributed by atoms with van der Waals surface area (Å²) in [6.07, 6.45) is 2.36. The molecule has 3 aromatic rings. The van der Waals surface area contributed by atoms with Crippen molar-refractivity contribution in [2.45, 2.75) is 4.90 Å². The van der Waals surface area contributed by atoms with Crippen LogP contribution in [0.25, 0.3) is 11.1 Å². The van der Waals surface area contributed by atoms with Crippen molar-refractivity contribution in [3.63, 3.8) is 0 Å². The lowest BCUT2D eigenvalue weighted by Gasteiger charge is -2.12. The normalized spacial score (nSPS) is 10.3. The maximum absolute atomic E-state index is 14.8. The molecule has 0 aliphatic heterocycles. The van der Waals surface area contributed by atoms with Crippen LogP contribution in [0.2, 0.25) is 5.02 Å². The van der Waals surface area contributed by atoms with Gasteiger partial charge in [0.2, 0.25) is 0 Å². The van der Waals surface area contributed by atoms with Crippen molar-refractivity contribution >= 4 is 41.9 Å². The van der Waals surface area contributed by atoms with Crippen LogP contribution in [-0.2, 0) is 0 Å². The van der Waals surface area contributed by atoms with Gasteiger partial charge in [-0.1, -0.05) is 35.6 Å². The first-order chi connectivity index (χ1) is 13.3. The summed E-state index contributed by atoms with van der Waals surface area (Å²) < 4.78 is 29.3. The third-order valence-electron chi connectivity index (χ3n) is 3.97. The minimum Gasteiger partial charge on any atom is -0.396 e. The van der Waals surface area contributed by atoms with Gasteiger partial charge in [-0.15, -0.1) is 12.6 Å². The molecule has 0 bridgehead atoms. The van der Waals surface area contributed by atoms with Gasteiger partial charge >= 0.3 is 0 Å². The molecule has 0 radical (unpaired) electrons. The van der Waals surface area contributed by atoms with E-state index in [1.165, 1.54) is 12.3 Å². The van der Waals surface area contributed by atoms with E-state index in [9.17, 15) is 8.78 Å². The number of benzene rings is 2. The van der Waals surface area contributed by atoms with Gasteiger partial charge in [-0.2, -0.15) is 0 Å². The van der Waals surface area contributed by atoms with Crippen LogP contribution in [0.5, 0.6) is 0 Å². The van der Waals surface area contributed by atoms with Crippen LogP contribution in [0.3, 0.4) is 0 Å². The molecule has 0 saturated heterocycles. The standard InChI is InChI=1S/C20H13ClF2N4S/c21-15-3-1-2-12(19(15)28)14-7-16(22)13(17(23)18(14)25)5-4-10-6-11(8-24)20(26)27-9-10/h1-3,6-9,24,28H,25H2,(H2,26,27). The van der Waals surface area contributed by atoms with Gasteiger partial charge in [0.15, 0.2) is 5.82 Å². The van der Waals surface area contributed by atoms with Crippen LogP contribution < -0.4 is 11.5 Å². The van der Waals surface area contributed by atoms with Gasteiger partial charge < -0.3 is 16.9 Å². The largest absolute Gasteiger partial charge is 0.396 e. The Balaban J connectivity index is 2.10. The fraction of sp³-hybridized carbons (Fsp3) is 0. The predicted molar refractivity (Wildman–Crippen MR) is 111 cm³/mol. The summed E-state index contributed by atoms with van der Waals surface area (Å²) in [4.78, 5) is 4.25. The molecule has 140 valence electrons. The summed E-state index contributed by atoms with van der Waals surface area (Å²) in [5.74, 6) is 3.35. The van der Waals surface area contributed by atoms with Gasteiger partial charge in [-0.05, 0) is 23.8 Å². The molecular formula is C20H13ClF2N4S. The van der Waals surface area contributed by atoms with Crippen molar-refractivity contribution in [2.24, 2.45) is 0 Å². The van der Waals surface area contributed by atoms with Crippen LogP contribution in [0.15, 0.2) is 41.4 Å². The monoisotopic (exact) mass is 414 g/mol. The molecule has 0 unspecified atom stereocenters. The first-order valence-corrected chi connectivity index (χ1v) is 8.69. The number of nitrogens with one attached hydrogen (secondary N) is 1. The van der Waals surface area contributed by atoms with E-state index in [1.807, 2.05) is 0 Å². The predicted octanol–water partition coefficient (Wildman–Crippen LogP) is 4.53. The third-order valence-corrected chi connectivity index (χ3v) is 4.90. The maximum atomic E-state index is 14.8. The highest BCUT2D eigenvalue weighted by Gasteiger charge is 2.18. The first-order valence-electron chi connectivity index (χ1n) is 7.86. The smallest absolute Gasteiger partial charge is 0.165 e. The number of hydrogen-bond acceptors (Lipinski definition) is 5. The fourth-order valence-electron chi connectivity index (χ4n) is 2.52. The van der Waals surface area contributed by atoms with Crippen molar-refractivity contribution in [3.8, 4) is 23.0 Å². The Bertz CT molecular complexity index is 1170. The van der Waals surface area contributed by atoms with Crippen LogP contribution in [0.1, 0.15) is 16.7 Å². The second-order valence-electron chi connectivity index (χ2n) is 5.74. The highest BCUT2D eigenvalue weighted by atomic mass is 35.5. The van der Waals surface area contributed by atoms with E-state index in [0.717, 1.165) is 12.3 Å². The molecule has 28 heavy (non-hydrogen) atoms. The Hall–Kier alpha value is -3.08. The summed E-state index contributed by atoms with van der Waals surface area (Å²) in [7, 11) is 0. The molecule has 0 fully saturated rings. The van der Waals surface area contributed by atoms with Crippen LogP contribution in [0.4, 0.5) is 20.3 Å². The van der Waals surface area contributed by atoms with Crippen molar-refractivity contribution < 1.29 is 8.78 Å². The Morgan fingerprint density at radius 2 is 1.89 bits per heavy atom. The first kappa shape index (κ1) is 19.7. The number of thiol groups is 1. The minimum atomic E-state index is -0.981. The van der Waals surface area contributed by atoms with Gasteiger partial charge in [0.05, 0.1) is 16.3 Å². The van der Waals surface area contributed by atoms with Gasteiger partial charge in [0.25, 0.3) is 0 Å². The van der Waals surface area contributed by atoms with Gasteiger partial charge in [-0.25, -0.2) is 13.8 Å². The number of nitrogens with two attached hydrogens (primary N) is 2. The van der Waals surface area contributed by atoms with Crippen molar-refractivity contribution in [1.29, 1.82) is 5.41 Å². The van der Waals surface area contributed by atoms with E-state index in [-0.39, 0.29) is 17.1 Å². The summed E-state index contributed by atoms with van der Waals surface area (Å²) in [5.41, 5.74) is 12.0. The fourth-order valence-corrected chi connectivity index (χ4v) is 2.96. The molecule has 8 heteroatoms. The highest BCUT2D eigenvalue weighted by Crippen LogP contribution is 2.37. The van der Waals surface area contributed by atoms with Crippen molar-refractivity contribution in [2.75, 3.05) is 11.5 Å². The highest BCUT2D eigenvalue weighted by molar-refractivity contribution is 7.80. The zero-order valence-electron chi connectivity index (χ0n) is 14.2. The number of rotatable bonds is 2. The van der Waals surface area contributed by atoms with E-state index in [4.69, 9.17) is 28.5 Å². The molecule has 0 amide bonds. The molecule has 2 aromatic carbocycles. The summed E-state index contributed by atoms with van der Waals surface area (Å²) >= 11 is 10.3. The minimum absolute atomic E-state index is 0.133. The van der Waals surface area contributed by atoms with E-state index in [1.54, 1.807) is 18.2 Å². The van der Waals surface area contributed by atoms with E-state index in [0.29, 0.717) is 26.6 Å². The zero-order chi connectivity index (χ0) is 20.4. The number of halogens is 3. The number of hydrogen-bond donors (Lipinski definition) is 4. The van der Waals surface area contributed by atoms with E-state index < -0.39 is 17.2 Å².